The van der Waals surface area contributed by atoms with Gasteiger partial charge in [0, 0.05) is 31.6 Å². The fourth-order valence-electron chi connectivity index (χ4n) is 6.48. The second-order valence-electron chi connectivity index (χ2n) is 9.55. The van der Waals surface area contributed by atoms with Crippen LogP contribution in [0.2, 0.25) is 0 Å². The van der Waals surface area contributed by atoms with Gasteiger partial charge < -0.3 is 20.6 Å². The molecule has 4 aliphatic carbocycles. The Balaban J connectivity index is 1.21. The highest BCUT2D eigenvalue weighted by molar-refractivity contribution is 5.80. The maximum atomic E-state index is 12.4. The first kappa shape index (κ1) is 18.6. The SMILES string of the molecule is C[C@@H]1CN(C(=O)CCNC(=O)NC23CC4CC(CC(C4)C2)C3)C[C@H]1C(=O)O. The first-order valence-corrected chi connectivity index (χ1v) is 10.4. The summed E-state index contributed by atoms with van der Waals surface area (Å²) in [5.41, 5.74) is -0.0259. The van der Waals surface area contributed by atoms with Gasteiger partial charge in [-0.05, 0) is 62.2 Å². The van der Waals surface area contributed by atoms with Gasteiger partial charge in [-0.15, -0.1) is 0 Å². The molecule has 5 aliphatic rings. The minimum Gasteiger partial charge on any atom is -0.481 e. The van der Waals surface area contributed by atoms with Crippen molar-refractivity contribution in [2.45, 2.75) is 57.4 Å². The van der Waals surface area contributed by atoms with Crippen LogP contribution in [0.3, 0.4) is 0 Å². The van der Waals surface area contributed by atoms with E-state index in [4.69, 9.17) is 0 Å². The lowest BCUT2D eigenvalue weighted by Crippen LogP contribution is -2.61. The van der Waals surface area contributed by atoms with E-state index < -0.39 is 11.9 Å². The van der Waals surface area contributed by atoms with Crippen molar-refractivity contribution in [2.24, 2.45) is 29.6 Å². The van der Waals surface area contributed by atoms with Crippen LogP contribution in [0.1, 0.15) is 51.9 Å². The van der Waals surface area contributed by atoms with Gasteiger partial charge in [-0.25, -0.2) is 4.79 Å². The standard InChI is InChI=1S/C20H31N3O4/c1-12-10-23(11-16(12)18(25)26)17(24)2-3-21-19(27)22-20-7-13-4-14(8-20)6-15(5-13)9-20/h12-16H,2-11H2,1H3,(H,25,26)(H2,21,22,27)/t12-,13?,14?,15?,16-,20?/m1/s1. The van der Waals surface area contributed by atoms with E-state index in [0.29, 0.717) is 13.1 Å². The normalized spacial score (nSPS) is 39.4. The van der Waals surface area contributed by atoms with Crippen molar-refractivity contribution in [3.8, 4) is 0 Å². The lowest BCUT2D eigenvalue weighted by Gasteiger charge is -2.56. The van der Waals surface area contributed by atoms with Crippen LogP contribution in [0.15, 0.2) is 0 Å². The predicted octanol–water partition coefficient (Wildman–Crippen LogP) is 1.82. The smallest absolute Gasteiger partial charge is 0.315 e. The van der Waals surface area contributed by atoms with Crippen molar-refractivity contribution >= 4 is 17.9 Å². The summed E-state index contributed by atoms with van der Waals surface area (Å²) >= 11 is 0. The molecule has 2 atom stereocenters. The molecule has 0 radical (unpaired) electrons. The van der Waals surface area contributed by atoms with Crippen LogP contribution >= 0.6 is 0 Å². The monoisotopic (exact) mass is 377 g/mol. The van der Waals surface area contributed by atoms with E-state index in [1.54, 1.807) is 4.90 Å². The van der Waals surface area contributed by atoms with Crippen LogP contribution in [0.5, 0.6) is 0 Å². The zero-order valence-electron chi connectivity index (χ0n) is 16.1. The van der Waals surface area contributed by atoms with Gasteiger partial charge in [-0.2, -0.15) is 0 Å². The maximum absolute atomic E-state index is 12.4. The topological polar surface area (TPSA) is 98.7 Å². The molecule has 0 aromatic carbocycles. The van der Waals surface area contributed by atoms with Crippen molar-refractivity contribution in [3.05, 3.63) is 0 Å². The number of urea groups is 1. The molecule has 4 saturated carbocycles. The lowest BCUT2D eigenvalue weighted by molar-refractivity contribution is -0.142. The fraction of sp³-hybridized carbons (Fsp3) is 0.850. The second kappa shape index (κ2) is 6.99. The highest BCUT2D eigenvalue weighted by Crippen LogP contribution is 2.55. The van der Waals surface area contributed by atoms with Crippen molar-refractivity contribution in [3.63, 3.8) is 0 Å². The number of carbonyl (C=O) groups is 3. The molecule has 1 saturated heterocycles. The predicted molar refractivity (Wildman–Crippen MR) is 98.9 cm³/mol. The van der Waals surface area contributed by atoms with Gasteiger partial charge in [0.25, 0.3) is 0 Å². The van der Waals surface area contributed by atoms with Crippen molar-refractivity contribution in [1.29, 1.82) is 0 Å². The van der Waals surface area contributed by atoms with E-state index in [0.717, 1.165) is 37.0 Å². The molecule has 150 valence electrons. The Morgan fingerprint density at radius 3 is 2.15 bits per heavy atom. The number of amides is 3. The Hall–Kier alpha value is -1.79. The first-order chi connectivity index (χ1) is 12.8. The molecule has 5 fully saturated rings. The van der Waals surface area contributed by atoms with E-state index in [-0.39, 0.29) is 36.4 Å². The van der Waals surface area contributed by atoms with Crippen LogP contribution < -0.4 is 10.6 Å². The van der Waals surface area contributed by atoms with Gasteiger partial charge in [0.1, 0.15) is 0 Å². The van der Waals surface area contributed by atoms with E-state index >= 15 is 0 Å². The number of rotatable bonds is 5. The highest BCUT2D eigenvalue weighted by Gasteiger charge is 2.51. The first-order valence-electron chi connectivity index (χ1n) is 10.4. The number of hydrogen-bond donors (Lipinski definition) is 3. The Bertz CT molecular complexity index is 599. The van der Waals surface area contributed by atoms with Crippen molar-refractivity contribution < 1.29 is 19.5 Å². The summed E-state index contributed by atoms with van der Waals surface area (Å²) in [7, 11) is 0. The third-order valence-electron chi connectivity index (χ3n) is 7.32. The minimum absolute atomic E-state index is 0.0259. The largest absolute Gasteiger partial charge is 0.481 e. The Labute approximate surface area is 160 Å². The molecular weight excluding hydrogens is 346 g/mol. The molecule has 1 heterocycles. The van der Waals surface area contributed by atoms with Crippen molar-refractivity contribution in [1.82, 2.24) is 15.5 Å². The van der Waals surface area contributed by atoms with Gasteiger partial charge >= 0.3 is 12.0 Å². The summed E-state index contributed by atoms with van der Waals surface area (Å²) in [6, 6.07) is -0.164. The van der Waals surface area contributed by atoms with E-state index in [2.05, 4.69) is 10.6 Å². The Morgan fingerprint density at radius 1 is 1.04 bits per heavy atom. The molecule has 4 bridgehead atoms. The van der Waals surface area contributed by atoms with Crippen LogP contribution in [0.4, 0.5) is 4.79 Å². The summed E-state index contributed by atoms with van der Waals surface area (Å²) < 4.78 is 0. The van der Waals surface area contributed by atoms with Crippen molar-refractivity contribution in [2.75, 3.05) is 19.6 Å². The fourth-order valence-corrected chi connectivity index (χ4v) is 6.48. The Kier molecular flexibility index (Phi) is 4.80. The third kappa shape index (κ3) is 3.78. The number of nitrogens with one attached hydrogen (secondary N) is 2. The molecule has 0 aromatic rings. The molecule has 7 nitrogen and oxygen atoms in total. The Morgan fingerprint density at radius 2 is 1.63 bits per heavy atom. The minimum atomic E-state index is -0.842. The summed E-state index contributed by atoms with van der Waals surface area (Å²) in [6.07, 6.45) is 7.54. The summed E-state index contributed by atoms with van der Waals surface area (Å²) in [6.45, 7) is 2.91. The average Bonchev–Trinajstić information content (AvgIpc) is 2.95. The van der Waals surface area contributed by atoms with E-state index in [1.165, 1.54) is 19.3 Å². The number of aliphatic carboxylic acids is 1. The zero-order valence-corrected chi connectivity index (χ0v) is 16.1. The van der Waals surface area contributed by atoms with Crippen LogP contribution in [-0.4, -0.2) is 53.1 Å². The number of carboxylic acids is 1. The molecule has 3 N–H and O–H groups in total. The molecule has 3 amide bonds. The summed E-state index contributed by atoms with van der Waals surface area (Å²) in [5.74, 6) is 0.888. The average molecular weight is 377 g/mol. The van der Waals surface area contributed by atoms with Gasteiger partial charge in [0.15, 0.2) is 0 Å². The number of nitrogens with zero attached hydrogens (tertiary/aromatic N) is 1. The number of carboxylic acid groups (broad SMARTS) is 1. The quantitative estimate of drug-likeness (QED) is 0.681. The van der Waals surface area contributed by atoms with Crippen LogP contribution in [0, 0.1) is 29.6 Å². The molecule has 7 heteroatoms. The second-order valence-corrected chi connectivity index (χ2v) is 9.55. The molecule has 1 aliphatic heterocycles. The van der Waals surface area contributed by atoms with E-state index in [9.17, 15) is 19.5 Å². The molecule has 0 aromatic heterocycles. The third-order valence-corrected chi connectivity index (χ3v) is 7.32. The lowest BCUT2D eigenvalue weighted by atomic mass is 9.53. The molecule has 27 heavy (non-hydrogen) atoms. The molecule has 0 unspecified atom stereocenters. The molecule has 5 rings (SSSR count). The summed E-state index contributed by atoms with van der Waals surface area (Å²) in [4.78, 5) is 37.5. The van der Waals surface area contributed by atoms with Gasteiger partial charge in [0.2, 0.25) is 5.91 Å². The molecule has 0 spiro atoms. The highest BCUT2D eigenvalue weighted by atomic mass is 16.4. The molecular formula is C20H31N3O4. The number of carbonyl (C=O) groups excluding carboxylic acids is 2. The van der Waals surface area contributed by atoms with Crippen LogP contribution in [-0.2, 0) is 9.59 Å². The van der Waals surface area contributed by atoms with Gasteiger partial charge in [-0.1, -0.05) is 6.92 Å². The number of hydrogen-bond acceptors (Lipinski definition) is 3. The van der Waals surface area contributed by atoms with Gasteiger partial charge in [-0.3, -0.25) is 9.59 Å². The van der Waals surface area contributed by atoms with Crippen LogP contribution in [0.25, 0.3) is 0 Å². The van der Waals surface area contributed by atoms with E-state index in [1.807, 2.05) is 6.92 Å². The van der Waals surface area contributed by atoms with Gasteiger partial charge in [0.05, 0.1) is 5.92 Å². The summed E-state index contributed by atoms with van der Waals surface area (Å²) in [5, 5.41) is 15.3. The number of likely N-dealkylation sites (tertiary alicyclic amines) is 1. The zero-order chi connectivity index (χ0) is 19.2. The maximum Gasteiger partial charge on any atom is 0.315 e.